The Hall–Kier alpha value is -3.41. The number of ether oxygens (including phenoxy) is 1. The third kappa shape index (κ3) is 5.28. The number of carbonyl (C=O) groups is 1. The molecule has 2 N–H and O–H groups in total. The Balaban J connectivity index is 1.55. The summed E-state index contributed by atoms with van der Waals surface area (Å²) in [5.41, 5.74) is 2.08. The molecule has 0 aliphatic heterocycles. The number of carbonyl (C=O) groups excluding carboxylic acids is 1. The van der Waals surface area contributed by atoms with Gasteiger partial charge in [-0.25, -0.2) is 9.37 Å². The van der Waals surface area contributed by atoms with Crippen molar-refractivity contribution in [2.45, 2.75) is 13.5 Å². The van der Waals surface area contributed by atoms with Crippen LogP contribution in [0.2, 0.25) is 0 Å². The first kappa shape index (κ1) is 18.4. The smallest absolute Gasteiger partial charge is 0.257 e. The van der Waals surface area contributed by atoms with Crippen molar-refractivity contribution in [3.8, 4) is 5.75 Å². The van der Waals surface area contributed by atoms with Crippen molar-refractivity contribution >= 4 is 17.4 Å². The Morgan fingerprint density at radius 3 is 2.41 bits per heavy atom. The van der Waals surface area contributed by atoms with Crippen LogP contribution in [0.25, 0.3) is 0 Å². The van der Waals surface area contributed by atoms with Crippen LogP contribution in [0.3, 0.4) is 0 Å². The summed E-state index contributed by atoms with van der Waals surface area (Å²) >= 11 is 0. The molecule has 27 heavy (non-hydrogen) atoms. The normalized spacial score (nSPS) is 10.3. The second kappa shape index (κ2) is 8.80. The zero-order valence-electron chi connectivity index (χ0n) is 14.9. The molecule has 5 nitrogen and oxygen atoms in total. The van der Waals surface area contributed by atoms with Gasteiger partial charge in [-0.1, -0.05) is 12.1 Å². The van der Waals surface area contributed by atoms with Crippen LogP contribution in [-0.2, 0) is 6.54 Å². The topological polar surface area (TPSA) is 63.2 Å². The lowest BCUT2D eigenvalue weighted by atomic mass is 10.2. The van der Waals surface area contributed by atoms with Crippen molar-refractivity contribution in [1.82, 2.24) is 4.98 Å². The number of pyridine rings is 1. The van der Waals surface area contributed by atoms with Crippen LogP contribution in [-0.4, -0.2) is 17.5 Å². The van der Waals surface area contributed by atoms with E-state index in [1.54, 1.807) is 48.5 Å². The van der Waals surface area contributed by atoms with Gasteiger partial charge in [0.2, 0.25) is 0 Å². The highest BCUT2D eigenvalue weighted by molar-refractivity contribution is 6.04. The molecule has 0 aliphatic carbocycles. The van der Waals surface area contributed by atoms with Gasteiger partial charge in [0.1, 0.15) is 17.4 Å². The molecule has 0 unspecified atom stereocenters. The van der Waals surface area contributed by atoms with E-state index in [0.29, 0.717) is 30.2 Å². The van der Waals surface area contributed by atoms with E-state index < -0.39 is 0 Å². The van der Waals surface area contributed by atoms with Crippen LogP contribution in [0.4, 0.5) is 15.9 Å². The van der Waals surface area contributed by atoms with E-state index in [0.717, 1.165) is 11.3 Å². The van der Waals surface area contributed by atoms with Crippen molar-refractivity contribution in [2.75, 3.05) is 17.2 Å². The Labute approximate surface area is 157 Å². The highest BCUT2D eigenvalue weighted by Crippen LogP contribution is 2.17. The summed E-state index contributed by atoms with van der Waals surface area (Å²) < 4.78 is 18.3. The number of hydrogen-bond donors (Lipinski definition) is 2. The Kier molecular flexibility index (Phi) is 5.99. The molecule has 0 saturated carbocycles. The predicted octanol–water partition coefficient (Wildman–Crippen LogP) is 4.48. The fraction of sp³-hybridized carbons (Fsp3) is 0.143. The third-order valence-electron chi connectivity index (χ3n) is 3.84. The number of benzene rings is 2. The van der Waals surface area contributed by atoms with Gasteiger partial charge in [-0.2, -0.15) is 0 Å². The predicted molar refractivity (Wildman–Crippen MR) is 104 cm³/mol. The van der Waals surface area contributed by atoms with Crippen LogP contribution in [0, 0.1) is 5.82 Å². The molecule has 0 spiro atoms. The van der Waals surface area contributed by atoms with Gasteiger partial charge in [-0.3, -0.25) is 4.79 Å². The monoisotopic (exact) mass is 365 g/mol. The maximum Gasteiger partial charge on any atom is 0.257 e. The second-order valence-electron chi connectivity index (χ2n) is 5.82. The van der Waals surface area contributed by atoms with Gasteiger partial charge in [0.15, 0.2) is 0 Å². The maximum atomic E-state index is 12.9. The van der Waals surface area contributed by atoms with E-state index in [9.17, 15) is 9.18 Å². The van der Waals surface area contributed by atoms with E-state index in [2.05, 4.69) is 15.6 Å². The molecule has 0 aliphatic rings. The fourth-order valence-electron chi connectivity index (χ4n) is 2.43. The van der Waals surface area contributed by atoms with E-state index in [4.69, 9.17) is 4.74 Å². The molecule has 1 amide bonds. The van der Waals surface area contributed by atoms with Gasteiger partial charge in [0.25, 0.3) is 5.91 Å². The fourth-order valence-corrected chi connectivity index (χ4v) is 2.43. The number of anilines is 2. The van der Waals surface area contributed by atoms with E-state index >= 15 is 0 Å². The molecule has 0 radical (unpaired) electrons. The molecular formula is C21H20FN3O2. The average Bonchev–Trinajstić information content (AvgIpc) is 2.70. The van der Waals surface area contributed by atoms with Gasteiger partial charge in [0.05, 0.1) is 12.2 Å². The van der Waals surface area contributed by atoms with Crippen molar-refractivity contribution < 1.29 is 13.9 Å². The SMILES string of the molecule is CCOc1ccc(NC(=O)c2ccc(NCc3ccc(F)cc3)nc2)cc1. The maximum absolute atomic E-state index is 12.9. The lowest BCUT2D eigenvalue weighted by Crippen LogP contribution is -2.12. The zero-order chi connectivity index (χ0) is 19.1. The second-order valence-corrected chi connectivity index (χ2v) is 5.82. The number of nitrogens with one attached hydrogen (secondary N) is 2. The van der Waals surface area contributed by atoms with Crippen molar-refractivity contribution in [1.29, 1.82) is 0 Å². The molecule has 0 fully saturated rings. The first-order valence-corrected chi connectivity index (χ1v) is 8.62. The highest BCUT2D eigenvalue weighted by atomic mass is 19.1. The molecule has 0 saturated heterocycles. The number of halogens is 1. The minimum absolute atomic E-state index is 0.239. The summed E-state index contributed by atoms with van der Waals surface area (Å²) in [7, 11) is 0. The Morgan fingerprint density at radius 1 is 1.04 bits per heavy atom. The van der Waals surface area contributed by atoms with Crippen LogP contribution < -0.4 is 15.4 Å². The minimum Gasteiger partial charge on any atom is -0.494 e. The summed E-state index contributed by atoms with van der Waals surface area (Å²) in [6, 6.07) is 16.9. The summed E-state index contributed by atoms with van der Waals surface area (Å²) in [4.78, 5) is 16.6. The van der Waals surface area contributed by atoms with E-state index in [1.165, 1.54) is 18.3 Å². The average molecular weight is 365 g/mol. The van der Waals surface area contributed by atoms with Crippen LogP contribution in [0.5, 0.6) is 5.75 Å². The summed E-state index contributed by atoms with van der Waals surface area (Å²) in [6.07, 6.45) is 1.51. The van der Waals surface area contributed by atoms with Gasteiger partial charge < -0.3 is 15.4 Å². The molecule has 138 valence electrons. The molecule has 0 atom stereocenters. The first-order chi connectivity index (χ1) is 13.1. The third-order valence-corrected chi connectivity index (χ3v) is 3.84. The number of amides is 1. The molecule has 3 rings (SSSR count). The molecule has 2 aromatic carbocycles. The lowest BCUT2D eigenvalue weighted by Gasteiger charge is -2.08. The van der Waals surface area contributed by atoms with E-state index in [-0.39, 0.29) is 11.7 Å². The van der Waals surface area contributed by atoms with Gasteiger partial charge in [-0.15, -0.1) is 0 Å². The summed E-state index contributed by atoms with van der Waals surface area (Å²) in [5, 5.41) is 5.95. The minimum atomic E-state index is -0.264. The number of aromatic nitrogens is 1. The highest BCUT2D eigenvalue weighted by Gasteiger charge is 2.07. The standard InChI is InChI=1S/C21H20FN3O2/c1-2-27-19-10-8-18(9-11-19)25-21(26)16-5-12-20(24-14-16)23-13-15-3-6-17(22)7-4-15/h3-12,14H,2,13H2,1H3,(H,23,24)(H,25,26). The van der Waals surface area contributed by atoms with Crippen LogP contribution >= 0.6 is 0 Å². The van der Waals surface area contributed by atoms with E-state index in [1.807, 2.05) is 6.92 Å². The van der Waals surface area contributed by atoms with Gasteiger partial charge in [-0.05, 0) is 61.0 Å². The number of rotatable bonds is 7. The van der Waals surface area contributed by atoms with Crippen molar-refractivity contribution in [3.05, 3.63) is 83.8 Å². The van der Waals surface area contributed by atoms with Gasteiger partial charge in [0, 0.05) is 18.4 Å². The molecule has 1 heterocycles. The molecule has 6 heteroatoms. The first-order valence-electron chi connectivity index (χ1n) is 8.62. The molecular weight excluding hydrogens is 345 g/mol. The molecule has 1 aromatic heterocycles. The lowest BCUT2D eigenvalue weighted by molar-refractivity contribution is 0.102. The quantitative estimate of drug-likeness (QED) is 0.648. The van der Waals surface area contributed by atoms with Crippen molar-refractivity contribution in [2.24, 2.45) is 0 Å². The van der Waals surface area contributed by atoms with Crippen molar-refractivity contribution in [3.63, 3.8) is 0 Å². The molecule has 0 bridgehead atoms. The molecule has 3 aromatic rings. The Morgan fingerprint density at radius 2 is 1.78 bits per heavy atom. The largest absolute Gasteiger partial charge is 0.494 e. The number of hydrogen-bond acceptors (Lipinski definition) is 4. The Bertz CT molecular complexity index is 879. The summed E-state index contributed by atoms with van der Waals surface area (Å²) in [6.45, 7) is 3.03. The van der Waals surface area contributed by atoms with Crippen LogP contribution in [0.1, 0.15) is 22.8 Å². The van der Waals surface area contributed by atoms with Crippen LogP contribution in [0.15, 0.2) is 66.9 Å². The summed E-state index contributed by atoms with van der Waals surface area (Å²) in [5.74, 6) is 0.891. The van der Waals surface area contributed by atoms with Gasteiger partial charge >= 0.3 is 0 Å². The number of nitrogens with zero attached hydrogens (tertiary/aromatic N) is 1. The zero-order valence-corrected chi connectivity index (χ0v) is 14.9.